The molecule has 0 radical (unpaired) electrons. The SMILES string of the molecule is COc1ccc(OCc2c(Cl)cc(F)cc2[C@H](C)NCC(=O)N(C)[C@@H](C)C(=O)O)cc1. The average Bonchev–Trinajstić information content (AvgIpc) is 2.75. The van der Waals surface area contributed by atoms with Crippen molar-refractivity contribution in [2.45, 2.75) is 32.5 Å². The van der Waals surface area contributed by atoms with Gasteiger partial charge in [0.1, 0.15) is 30.0 Å². The Morgan fingerprint density at radius 3 is 2.39 bits per heavy atom. The van der Waals surface area contributed by atoms with Crippen LogP contribution >= 0.6 is 11.6 Å². The summed E-state index contributed by atoms with van der Waals surface area (Å²) in [5.41, 5.74) is 1.12. The van der Waals surface area contributed by atoms with E-state index < -0.39 is 29.8 Å². The molecule has 1 amide bonds. The van der Waals surface area contributed by atoms with Gasteiger partial charge < -0.3 is 24.8 Å². The lowest BCUT2D eigenvalue weighted by Gasteiger charge is -2.24. The normalized spacial score (nSPS) is 12.7. The Bertz CT molecular complexity index is 923. The van der Waals surface area contributed by atoms with E-state index in [0.29, 0.717) is 22.6 Å². The highest BCUT2D eigenvalue weighted by Gasteiger charge is 2.23. The molecule has 0 fully saturated rings. The average molecular weight is 453 g/mol. The van der Waals surface area contributed by atoms with Crippen molar-refractivity contribution in [2.75, 3.05) is 20.7 Å². The van der Waals surface area contributed by atoms with E-state index in [1.807, 2.05) is 0 Å². The number of likely N-dealkylation sites (N-methyl/N-ethyl adjacent to an activating group) is 1. The molecule has 0 bridgehead atoms. The molecule has 2 aromatic carbocycles. The number of rotatable bonds is 10. The van der Waals surface area contributed by atoms with Gasteiger partial charge in [-0.3, -0.25) is 4.79 Å². The fourth-order valence-electron chi connectivity index (χ4n) is 2.85. The van der Waals surface area contributed by atoms with Crippen molar-refractivity contribution in [1.82, 2.24) is 10.2 Å². The Morgan fingerprint density at radius 2 is 1.81 bits per heavy atom. The van der Waals surface area contributed by atoms with Crippen LogP contribution in [0.25, 0.3) is 0 Å². The Labute approximate surface area is 185 Å². The zero-order valence-corrected chi connectivity index (χ0v) is 18.6. The number of aliphatic carboxylic acids is 1. The molecule has 2 atom stereocenters. The monoisotopic (exact) mass is 452 g/mol. The summed E-state index contributed by atoms with van der Waals surface area (Å²) in [4.78, 5) is 24.5. The van der Waals surface area contributed by atoms with E-state index >= 15 is 0 Å². The molecule has 0 unspecified atom stereocenters. The van der Waals surface area contributed by atoms with Crippen LogP contribution in [0.15, 0.2) is 36.4 Å². The fraction of sp³-hybridized carbons (Fsp3) is 0.364. The number of hydrogen-bond donors (Lipinski definition) is 2. The summed E-state index contributed by atoms with van der Waals surface area (Å²) < 4.78 is 24.9. The second kappa shape index (κ2) is 11.0. The summed E-state index contributed by atoms with van der Waals surface area (Å²) in [6.45, 7) is 3.15. The first-order chi connectivity index (χ1) is 14.6. The van der Waals surface area contributed by atoms with Crippen molar-refractivity contribution in [3.8, 4) is 11.5 Å². The Balaban J connectivity index is 2.11. The van der Waals surface area contributed by atoms with Gasteiger partial charge in [-0.2, -0.15) is 0 Å². The molecule has 0 saturated carbocycles. The molecule has 168 valence electrons. The van der Waals surface area contributed by atoms with Gasteiger partial charge in [-0.05, 0) is 55.8 Å². The van der Waals surface area contributed by atoms with Crippen molar-refractivity contribution in [3.05, 3.63) is 58.4 Å². The zero-order valence-electron chi connectivity index (χ0n) is 17.8. The van der Waals surface area contributed by atoms with Crippen LogP contribution in [0.2, 0.25) is 5.02 Å². The first-order valence-corrected chi connectivity index (χ1v) is 9.98. The number of carboxylic acids is 1. The number of hydrogen-bond acceptors (Lipinski definition) is 5. The van der Waals surface area contributed by atoms with Crippen LogP contribution in [0, 0.1) is 5.82 Å². The largest absolute Gasteiger partial charge is 0.497 e. The van der Waals surface area contributed by atoms with Crippen molar-refractivity contribution < 1.29 is 28.6 Å². The molecule has 0 aliphatic rings. The van der Waals surface area contributed by atoms with Crippen LogP contribution in [0.1, 0.15) is 31.0 Å². The van der Waals surface area contributed by atoms with E-state index in [-0.39, 0.29) is 18.2 Å². The predicted molar refractivity (Wildman–Crippen MR) is 115 cm³/mol. The number of methoxy groups -OCH3 is 1. The second-order valence-corrected chi connectivity index (χ2v) is 7.45. The smallest absolute Gasteiger partial charge is 0.326 e. The molecule has 0 aromatic heterocycles. The van der Waals surface area contributed by atoms with Gasteiger partial charge in [0.15, 0.2) is 0 Å². The van der Waals surface area contributed by atoms with Gasteiger partial charge in [0.2, 0.25) is 5.91 Å². The number of carbonyl (C=O) groups is 2. The highest BCUT2D eigenvalue weighted by atomic mass is 35.5. The van der Waals surface area contributed by atoms with Crippen LogP contribution < -0.4 is 14.8 Å². The highest BCUT2D eigenvalue weighted by molar-refractivity contribution is 6.31. The minimum atomic E-state index is -1.10. The van der Waals surface area contributed by atoms with Crippen molar-refractivity contribution in [3.63, 3.8) is 0 Å². The Morgan fingerprint density at radius 1 is 1.19 bits per heavy atom. The molecule has 9 heteroatoms. The van der Waals surface area contributed by atoms with E-state index in [4.69, 9.17) is 26.2 Å². The van der Waals surface area contributed by atoms with Crippen LogP contribution in [0.4, 0.5) is 4.39 Å². The summed E-state index contributed by atoms with van der Waals surface area (Å²) in [6.07, 6.45) is 0. The fourth-order valence-corrected chi connectivity index (χ4v) is 3.11. The number of halogens is 2. The topological polar surface area (TPSA) is 88.1 Å². The van der Waals surface area contributed by atoms with Crippen LogP contribution in [0.3, 0.4) is 0 Å². The van der Waals surface area contributed by atoms with Gasteiger partial charge in [-0.1, -0.05) is 11.6 Å². The van der Waals surface area contributed by atoms with E-state index in [0.717, 1.165) is 4.90 Å². The standard InChI is InChI=1S/C22H26ClFN2O5/c1-13(25-11-21(27)26(3)14(2)22(28)29)18-9-15(24)10-20(23)19(18)12-31-17-7-5-16(30-4)6-8-17/h5-10,13-14,25H,11-12H2,1-4H3,(H,28,29)/t13-,14-/m0/s1. The third-order valence-electron chi connectivity index (χ3n) is 5.00. The lowest BCUT2D eigenvalue weighted by atomic mass is 10.0. The van der Waals surface area contributed by atoms with Crippen LogP contribution in [0.5, 0.6) is 11.5 Å². The van der Waals surface area contributed by atoms with Gasteiger partial charge in [0.05, 0.1) is 18.7 Å². The number of benzene rings is 2. The molecule has 0 aliphatic carbocycles. The molecule has 7 nitrogen and oxygen atoms in total. The second-order valence-electron chi connectivity index (χ2n) is 7.04. The molecule has 0 heterocycles. The number of carbonyl (C=O) groups excluding carboxylic acids is 1. The molecule has 0 aliphatic heterocycles. The minimum absolute atomic E-state index is 0.0939. The molecule has 0 spiro atoms. The van der Waals surface area contributed by atoms with Crippen LogP contribution in [-0.2, 0) is 16.2 Å². The lowest BCUT2D eigenvalue weighted by molar-refractivity contribution is -0.147. The van der Waals surface area contributed by atoms with Crippen molar-refractivity contribution >= 4 is 23.5 Å². The van der Waals surface area contributed by atoms with Crippen LogP contribution in [-0.4, -0.2) is 48.6 Å². The summed E-state index contributed by atoms with van der Waals surface area (Å²) >= 11 is 6.27. The van der Waals surface area contributed by atoms with E-state index in [2.05, 4.69) is 5.32 Å². The highest BCUT2D eigenvalue weighted by Crippen LogP contribution is 2.28. The van der Waals surface area contributed by atoms with Gasteiger partial charge in [-0.15, -0.1) is 0 Å². The first kappa shape index (κ1) is 24.4. The molecule has 2 N–H and O–H groups in total. The Kier molecular flexibility index (Phi) is 8.65. The summed E-state index contributed by atoms with van der Waals surface area (Å²) in [7, 11) is 2.99. The van der Waals surface area contributed by atoms with Gasteiger partial charge >= 0.3 is 5.97 Å². The number of nitrogens with zero attached hydrogens (tertiary/aromatic N) is 1. The lowest BCUT2D eigenvalue weighted by Crippen LogP contribution is -2.44. The maximum atomic E-state index is 14.0. The third-order valence-corrected chi connectivity index (χ3v) is 5.33. The molecular weight excluding hydrogens is 427 g/mol. The first-order valence-electron chi connectivity index (χ1n) is 9.60. The minimum Gasteiger partial charge on any atom is -0.497 e. The number of ether oxygens (including phenoxy) is 2. The summed E-state index contributed by atoms with van der Waals surface area (Å²) in [6, 6.07) is 8.15. The molecule has 31 heavy (non-hydrogen) atoms. The summed E-state index contributed by atoms with van der Waals surface area (Å²) in [5.74, 6) is -0.728. The quantitative estimate of drug-likeness (QED) is 0.572. The zero-order chi connectivity index (χ0) is 23.1. The molecular formula is C22H26ClFN2O5. The number of amides is 1. The number of carboxylic acid groups (broad SMARTS) is 1. The maximum Gasteiger partial charge on any atom is 0.326 e. The maximum absolute atomic E-state index is 14.0. The van der Waals surface area contributed by atoms with Gasteiger partial charge in [0.25, 0.3) is 0 Å². The Hall–Kier alpha value is -2.84. The molecule has 2 rings (SSSR count). The van der Waals surface area contributed by atoms with Crippen molar-refractivity contribution in [1.29, 1.82) is 0 Å². The number of nitrogens with one attached hydrogen (secondary N) is 1. The van der Waals surface area contributed by atoms with E-state index in [1.54, 1.807) is 38.3 Å². The van der Waals surface area contributed by atoms with E-state index in [9.17, 15) is 14.0 Å². The van der Waals surface area contributed by atoms with Gasteiger partial charge in [-0.25, -0.2) is 9.18 Å². The third kappa shape index (κ3) is 6.57. The molecule has 0 saturated heterocycles. The predicted octanol–water partition coefficient (Wildman–Crippen LogP) is 3.65. The van der Waals surface area contributed by atoms with Gasteiger partial charge in [0, 0.05) is 18.7 Å². The molecule has 2 aromatic rings. The van der Waals surface area contributed by atoms with E-state index in [1.165, 1.54) is 26.1 Å². The summed E-state index contributed by atoms with van der Waals surface area (Å²) in [5, 5.41) is 12.3. The van der Waals surface area contributed by atoms with Crippen molar-refractivity contribution in [2.24, 2.45) is 0 Å².